The van der Waals surface area contributed by atoms with Crippen LogP contribution in [0.15, 0.2) is 29.3 Å². The molecule has 0 spiro atoms. The molecule has 0 unspecified atom stereocenters. The fraction of sp³-hybridized carbons (Fsp3) is 0.632. The third-order valence-corrected chi connectivity index (χ3v) is 4.72. The fourth-order valence-corrected chi connectivity index (χ4v) is 3.10. The molecule has 0 radical (unpaired) electrons. The standard InChI is InChI=1S/C19H32N4O.HI/c1-19(2,23-11-6-5-7-12-23)15-22-18(20-3)21-14-16-9-8-10-17(13-16)24-4;/h8-10,13H,5-7,11-12,14-15H2,1-4H3,(H2,20,21,22);1H. The van der Waals surface area contributed by atoms with Gasteiger partial charge in [-0.15, -0.1) is 24.0 Å². The van der Waals surface area contributed by atoms with Gasteiger partial charge in [0.25, 0.3) is 0 Å². The van der Waals surface area contributed by atoms with Gasteiger partial charge in [0.1, 0.15) is 5.75 Å². The second-order valence-electron chi connectivity index (χ2n) is 6.99. The molecular formula is C19H33IN4O. The van der Waals surface area contributed by atoms with Crippen LogP contribution in [-0.4, -0.2) is 50.2 Å². The maximum atomic E-state index is 5.27. The molecule has 1 aromatic rings. The van der Waals surface area contributed by atoms with Crippen molar-refractivity contribution in [3.63, 3.8) is 0 Å². The molecular weight excluding hydrogens is 427 g/mol. The van der Waals surface area contributed by atoms with E-state index in [-0.39, 0.29) is 29.5 Å². The lowest BCUT2D eigenvalue weighted by molar-refractivity contribution is 0.0982. The first-order valence-corrected chi connectivity index (χ1v) is 8.87. The number of halogens is 1. The summed E-state index contributed by atoms with van der Waals surface area (Å²) in [5.41, 5.74) is 1.31. The van der Waals surface area contributed by atoms with Gasteiger partial charge in [0, 0.05) is 25.7 Å². The van der Waals surface area contributed by atoms with Crippen LogP contribution in [0.1, 0.15) is 38.7 Å². The summed E-state index contributed by atoms with van der Waals surface area (Å²) >= 11 is 0. The minimum absolute atomic E-state index is 0. The topological polar surface area (TPSA) is 48.9 Å². The van der Waals surface area contributed by atoms with Crippen LogP contribution in [0.3, 0.4) is 0 Å². The molecule has 1 heterocycles. The number of methoxy groups -OCH3 is 1. The summed E-state index contributed by atoms with van der Waals surface area (Å²) < 4.78 is 5.27. The van der Waals surface area contributed by atoms with Crippen molar-refractivity contribution in [2.75, 3.05) is 33.8 Å². The Morgan fingerprint density at radius 1 is 1.20 bits per heavy atom. The largest absolute Gasteiger partial charge is 0.497 e. The predicted molar refractivity (Wildman–Crippen MR) is 116 cm³/mol. The quantitative estimate of drug-likeness (QED) is 0.389. The van der Waals surface area contributed by atoms with Crippen molar-refractivity contribution in [2.24, 2.45) is 4.99 Å². The van der Waals surface area contributed by atoms with Crippen LogP contribution in [0.25, 0.3) is 0 Å². The Labute approximate surface area is 169 Å². The Morgan fingerprint density at radius 3 is 2.56 bits per heavy atom. The van der Waals surface area contributed by atoms with Gasteiger partial charge in [0.05, 0.1) is 7.11 Å². The third kappa shape index (κ3) is 7.01. The first kappa shape index (κ1) is 22.0. The van der Waals surface area contributed by atoms with Crippen molar-refractivity contribution in [3.05, 3.63) is 29.8 Å². The van der Waals surface area contributed by atoms with E-state index >= 15 is 0 Å². The molecule has 0 saturated carbocycles. The van der Waals surface area contributed by atoms with Crippen molar-refractivity contribution in [1.82, 2.24) is 15.5 Å². The summed E-state index contributed by atoms with van der Waals surface area (Å²) in [6, 6.07) is 8.08. The number of aliphatic imine (C=N–C) groups is 1. The van der Waals surface area contributed by atoms with Gasteiger partial charge in [-0.3, -0.25) is 9.89 Å². The van der Waals surface area contributed by atoms with Gasteiger partial charge in [-0.05, 0) is 57.5 Å². The number of nitrogens with zero attached hydrogens (tertiary/aromatic N) is 2. The summed E-state index contributed by atoms with van der Waals surface area (Å²) in [4.78, 5) is 6.92. The monoisotopic (exact) mass is 460 g/mol. The van der Waals surface area contributed by atoms with Crippen molar-refractivity contribution in [3.8, 4) is 5.75 Å². The molecule has 0 amide bonds. The fourth-order valence-electron chi connectivity index (χ4n) is 3.10. The zero-order chi connectivity index (χ0) is 17.4. The number of hydrogen-bond acceptors (Lipinski definition) is 3. The lowest BCUT2D eigenvalue weighted by Crippen LogP contribution is -2.54. The summed E-state index contributed by atoms with van der Waals surface area (Å²) in [6.07, 6.45) is 3.99. The number of ether oxygens (including phenoxy) is 1. The minimum atomic E-state index is 0. The highest BCUT2D eigenvalue weighted by molar-refractivity contribution is 14.0. The first-order valence-electron chi connectivity index (χ1n) is 8.87. The molecule has 1 aliphatic heterocycles. The Balaban J connectivity index is 0.00000312. The number of nitrogens with one attached hydrogen (secondary N) is 2. The number of piperidine rings is 1. The molecule has 25 heavy (non-hydrogen) atoms. The first-order chi connectivity index (χ1) is 11.5. The van der Waals surface area contributed by atoms with E-state index in [1.165, 1.54) is 37.9 Å². The maximum Gasteiger partial charge on any atom is 0.191 e. The van der Waals surface area contributed by atoms with Gasteiger partial charge in [-0.1, -0.05) is 18.6 Å². The number of hydrogen-bond donors (Lipinski definition) is 2. The number of benzene rings is 1. The summed E-state index contributed by atoms with van der Waals surface area (Å²) in [5, 5.41) is 6.85. The van der Waals surface area contributed by atoms with E-state index < -0.39 is 0 Å². The van der Waals surface area contributed by atoms with Gasteiger partial charge in [-0.25, -0.2) is 0 Å². The maximum absolute atomic E-state index is 5.27. The smallest absolute Gasteiger partial charge is 0.191 e. The molecule has 1 saturated heterocycles. The van der Waals surface area contributed by atoms with Crippen LogP contribution in [0.2, 0.25) is 0 Å². The van der Waals surface area contributed by atoms with Crippen molar-refractivity contribution in [1.29, 1.82) is 0 Å². The molecule has 1 aromatic carbocycles. The van der Waals surface area contributed by atoms with E-state index in [1.54, 1.807) is 7.11 Å². The van der Waals surface area contributed by atoms with Crippen LogP contribution in [-0.2, 0) is 6.54 Å². The molecule has 0 aliphatic carbocycles. The van der Waals surface area contributed by atoms with Gasteiger partial charge >= 0.3 is 0 Å². The van der Waals surface area contributed by atoms with E-state index in [0.717, 1.165) is 24.8 Å². The Bertz CT molecular complexity index is 542. The highest BCUT2D eigenvalue weighted by Gasteiger charge is 2.27. The Morgan fingerprint density at radius 2 is 1.92 bits per heavy atom. The highest BCUT2D eigenvalue weighted by Crippen LogP contribution is 2.19. The molecule has 2 N–H and O–H groups in total. The molecule has 0 aromatic heterocycles. The molecule has 1 aliphatic rings. The number of rotatable bonds is 6. The lowest BCUT2D eigenvalue weighted by Gasteiger charge is -2.41. The molecule has 142 valence electrons. The summed E-state index contributed by atoms with van der Waals surface area (Å²) in [7, 11) is 3.50. The Kier molecular flexibility index (Phi) is 9.56. The van der Waals surface area contributed by atoms with Gasteiger partial charge in [0.2, 0.25) is 0 Å². The van der Waals surface area contributed by atoms with Gasteiger partial charge < -0.3 is 15.4 Å². The van der Waals surface area contributed by atoms with Crippen LogP contribution < -0.4 is 15.4 Å². The van der Waals surface area contributed by atoms with Crippen LogP contribution >= 0.6 is 24.0 Å². The highest BCUT2D eigenvalue weighted by atomic mass is 127. The molecule has 0 bridgehead atoms. The van der Waals surface area contributed by atoms with E-state index in [2.05, 4.69) is 40.4 Å². The molecule has 1 fully saturated rings. The number of guanidine groups is 1. The third-order valence-electron chi connectivity index (χ3n) is 4.72. The van der Waals surface area contributed by atoms with E-state index in [9.17, 15) is 0 Å². The van der Waals surface area contributed by atoms with Crippen molar-refractivity contribution >= 4 is 29.9 Å². The minimum Gasteiger partial charge on any atom is -0.497 e. The SMILES string of the molecule is CN=C(NCc1cccc(OC)c1)NCC(C)(C)N1CCCCC1.I. The zero-order valence-corrected chi connectivity index (χ0v) is 18.3. The van der Waals surface area contributed by atoms with Gasteiger partial charge in [0.15, 0.2) is 5.96 Å². The molecule has 0 atom stereocenters. The molecule has 6 heteroatoms. The van der Waals surface area contributed by atoms with Crippen LogP contribution in [0.5, 0.6) is 5.75 Å². The average molecular weight is 460 g/mol. The molecule has 5 nitrogen and oxygen atoms in total. The second-order valence-corrected chi connectivity index (χ2v) is 6.99. The summed E-state index contributed by atoms with van der Waals surface area (Å²) in [5.74, 6) is 1.71. The van der Waals surface area contributed by atoms with E-state index in [0.29, 0.717) is 0 Å². The normalized spacial score (nSPS) is 16.1. The van der Waals surface area contributed by atoms with Crippen molar-refractivity contribution < 1.29 is 4.74 Å². The van der Waals surface area contributed by atoms with Crippen LogP contribution in [0.4, 0.5) is 0 Å². The Hall–Kier alpha value is -1.02. The molecule has 2 rings (SSSR count). The van der Waals surface area contributed by atoms with Crippen LogP contribution in [0, 0.1) is 0 Å². The van der Waals surface area contributed by atoms with E-state index in [1.807, 2.05) is 25.2 Å². The average Bonchev–Trinajstić information content (AvgIpc) is 2.62. The second kappa shape index (κ2) is 10.9. The number of likely N-dealkylation sites (tertiary alicyclic amines) is 1. The van der Waals surface area contributed by atoms with Crippen molar-refractivity contribution in [2.45, 2.75) is 45.2 Å². The predicted octanol–water partition coefficient (Wildman–Crippen LogP) is 3.24. The van der Waals surface area contributed by atoms with E-state index in [4.69, 9.17) is 4.74 Å². The zero-order valence-electron chi connectivity index (χ0n) is 16.0. The lowest BCUT2D eigenvalue weighted by atomic mass is 9.98. The summed E-state index contributed by atoms with van der Waals surface area (Å²) in [6.45, 7) is 8.61. The van der Waals surface area contributed by atoms with Gasteiger partial charge in [-0.2, -0.15) is 0 Å².